The van der Waals surface area contributed by atoms with Crippen LogP contribution in [0.5, 0.6) is 5.75 Å². The molecule has 6 atom stereocenters. The van der Waals surface area contributed by atoms with Gasteiger partial charge >= 0.3 is 0 Å². The molecular formula is C35H53N7O8S. The summed E-state index contributed by atoms with van der Waals surface area (Å²) >= 11 is 1.47. The molecule has 282 valence electrons. The Hall–Kier alpha value is -4.34. The van der Waals surface area contributed by atoms with Gasteiger partial charge in [-0.25, -0.2) is 0 Å². The van der Waals surface area contributed by atoms with E-state index in [1.165, 1.54) is 28.8 Å². The van der Waals surface area contributed by atoms with Gasteiger partial charge in [-0.3, -0.25) is 33.6 Å². The Labute approximate surface area is 303 Å². The Bertz CT molecular complexity index is 1410. The van der Waals surface area contributed by atoms with Crippen LogP contribution in [0.4, 0.5) is 0 Å². The number of amides is 7. The van der Waals surface area contributed by atoms with E-state index >= 15 is 0 Å². The summed E-state index contributed by atoms with van der Waals surface area (Å²) < 4.78 is 0. The monoisotopic (exact) mass is 731 g/mol. The summed E-state index contributed by atoms with van der Waals surface area (Å²) in [5, 5.41) is 25.8. The van der Waals surface area contributed by atoms with Crippen molar-refractivity contribution >= 4 is 53.1 Å². The van der Waals surface area contributed by atoms with Crippen LogP contribution in [0.15, 0.2) is 24.3 Å². The van der Waals surface area contributed by atoms with E-state index in [9.17, 15) is 38.7 Å². The largest absolute Gasteiger partial charge is 0.508 e. The molecule has 3 rings (SSSR count). The molecule has 1 aromatic carbocycles. The van der Waals surface area contributed by atoms with Crippen LogP contribution in [0.3, 0.4) is 0 Å². The molecule has 2 heterocycles. The molecule has 51 heavy (non-hydrogen) atoms. The van der Waals surface area contributed by atoms with Crippen LogP contribution >= 0.6 is 11.8 Å². The fourth-order valence-electron chi connectivity index (χ4n) is 6.06. The van der Waals surface area contributed by atoms with Gasteiger partial charge in [0.2, 0.25) is 41.4 Å². The molecule has 0 radical (unpaired) electrons. The third kappa shape index (κ3) is 12.4. The van der Waals surface area contributed by atoms with Crippen LogP contribution in [0.25, 0.3) is 0 Å². The number of benzene rings is 1. The number of nitrogens with zero attached hydrogens (tertiary/aromatic N) is 1. The van der Waals surface area contributed by atoms with Gasteiger partial charge in [0.15, 0.2) is 0 Å². The third-order valence-electron chi connectivity index (χ3n) is 9.09. The maximum atomic E-state index is 14.0. The van der Waals surface area contributed by atoms with Crippen molar-refractivity contribution in [2.24, 2.45) is 11.8 Å². The highest BCUT2D eigenvalue weighted by atomic mass is 32.2. The van der Waals surface area contributed by atoms with Gasteiger partial charge in [-0.2, -0.15) is 11.8 Å². The fourth-order valence-corrected chi connectivity index (χ4v) is 6.53. The molecule has 2 saturated heterocycles. The van der Waals surface area contributed by atoms with E-state index in [-0.39, 0.29) is 43.4 Å². The van der Waals surface area contributed by atoms with Crippen molar-refractivity contribution in [3.05, 3.63) is 29.8 Å². The van der Waals surface area contributed by atoms with Gasteiger partial charge < -0.3 is 41.9 Å². The molecule has 1 aromatic rings. The number of fused-ring (bicyclic) bond motifs is 1. The second kappa shape index (κ2) is 19.9. The standard InChI is InChI=1S/C35H53N7O8S/c1-6-21(4)30-34(49)39-25(17-22-9-11-23(43)12-10-22)32(47)40-26(16-20(2)3)35(50)42-14-7-8-27(42)33(48)37-18-28(44)38-24(13-15-51-5)31(46)36-19-29(45)41-30/h9-12,20-21,24-27,30,43H,6-8,13-19H2,1-5H3,(H,36,46)(H,37,48)(H,38,44)(H,39,49)(H,40,47)(H,41,45)/t21-,24-,25-,26-,27-,30-/m0/s1. The molecular weight excluding hydrogens is 678 g/mol. The molecule has 0 aliphatic carbocycles. The van der Waals surface area contributed by atoms with E-state index in [4.69, 9.17) is 0 Å². The summed E-state index contributed by atoms with van der Waals surface area (Å²) in [6.45, 7) is 6.77. The summed E-state index contributed by atoms with van der Waals surface area (Å²) in [4.78, 5) is 95.7. The normalized spacial score (nSPS) is 25.4. The number of thioether (sulfide) groups is 1. The fraction of sp³-hybridized carbons (Fsp3) is 0.629. The lowest BCUT2D eigenvalue weighted by Gasteiger charge is -2.31. The van der Waals surface area contributed by atoms with Crippen LogP contribution in [-0.2, 0) is 40.0 Å². The number of aromatic hydroxyl groups is 1. The van der Waals surface area contributed by atoms with Gasteiger partial charge in [-0.1, -0.05) is 46.2 Å². The molecule has 2 aliphatic rings. The highest BCUT2D eigenvalue weighted by molar-refractivity contribution is 7.98. The van der Waals surface area contributed by atoms with Gasteiger partial charge in [0.25, 0.3) is 0 Å². The first-order valence-electron chi connectivity index (χ1n) is 17.6. The van der Waals surface area contributed by atoms with E-state index in [0.29, 0.717) is 30.6 Å². The number of hydrogen-bond donors (Lipinski definition) is 7. The van der Waals surface area contributed by atoms with Gasteiger partial charge in [0, 0.05) is 13.0 Å². The van der Waals surface area contributed by atoms with Gasteiger partial charge in [-0.15, -0.1) is 0 Å². The van der Waals surface area contributed by atoms with E-state index in [0.717, 1.165) is 0 Å². The quantitative estimate of drug-likeness (QED) is 0.181. The maximum Gasteiger partial charge on any atom is 0.245 e. The number of phenolic OH excluding ortho intramolecular Hbond substituents is 1. The van der Waals surface area contributed by atoms with E-state index in [2.05, 4.69) is 31.9 Å². The Balaban J connectivity index is 2.01. The second-order valence-corrected chi connectivity index (χ2v) is 14.6. The van der Waals surface area contributed by atoms with Crippen LogP contribution in [0, 0.1) is 11.8 Å². The minimum Gasteiger partial charge on any atom is -0.508 e. The molecule has 16 heteroatoms. The highest BCUT2D eigenvalue weighted by Gasteiger charge is 2.39. The van der Waals surface area contributed by atoms with Crippen LogP contribution in [0.2, 0.25) is 0 Å². The molecule has 0 saturated carbocycles. The molecule has 0 spiro atoms. The molecule has 7 N–H and O–H groups in total. The summed E-state index contributed by atoms with van der Waals surface area (Å²) in [6.07, 6.45) is 3.76. The zero-order valence-corrected chi connectivity index (χ0v) is 30.9. The molecule has 2 aliphatic heterocycles. The molecule has 7 amide bonds. The Morgan fingerprint density at radius 3 is 2.06 bits per heavy atom. The molecule has 15 nitrogen and oxygen atoms in total. The van der Waals surface area contributed by atoms with Crippen molar-refractivity contribution in [3.8, 4) is 5.75 Å². The average molecular weight is 732 g/mol. The SMILES string of the molecule is CC[C@H](C)[C@@H]1NC(=O)CNC(=O)[C@H](CCSC)NC(=O)CNC(=O)[C@@H]2CCCN2C(=O)[C@H](CC(C)C)NC(=O)[C@H](Cc2ccc(O)cc2)NC1=O. The minimum atomic E-state index is -1.19. The van der Waals surface area contributed by atoms with E-state index in [1.807, 2.05) is 27.0 Å². The molecule has 0 bridgehead atoms. The zero-order chi connectivity index (χ0) is 37.7. The number of nitrogens with one attached hydrogen (secondary N) is 6. The topological polar surface area (TPSA) is 215 Å². The third-order valence-corrected chi connectivity index (χ3v) is 9.73. The summed E-state index contributed by atoms with van der Waals surface area (Å²) in [5.41, 5.74) is 0.618. The maximum absolute atomic E-state index is 14.0. The van der Waals surface area contributed by atoms with E-state index < -0.39 is 84.6 Å². The summed E-state index contributed by atoms with van der Waals surface area (Å²) in [5.74, 6) is -4.00. The van der Waals surface area contributed by atoms with Gasteiger partial charge in [0.05, 0.1) is 13.1 Å². The molecule has 2 fully saturated rings. The van der Waals surface area contributed by atoms with Crippen LogP contribution < -0.4 is 31.9 Å². The number of hydrogen-bond acceptors (Lipinski definition) is 9. The predicted octanol–water partition coefficient (Wildman–Crippen LogP) is -0.0438. The first kappa shape index (κ1) is 41.1. The van der Waals surface area contributed by atoms with E-state index in [1.54, 1.807) is 19.1 Å². The van der Waals surface area contributed by atoms with Crippen molar-refractivity contribution < 1.29 is 38.7 Å². The predicted molar refractivity (Wildman–Crippen MR) is 192 cm³/mol. The number of carbonyl (C=O) groups is 7. The lowest BCUT2D eigenvalue weighted by molar-refractivity contribution is -0.142. The molecule has 0 aromatic heterocycles. The number of phenols is 1. The minimum absolute atomic E-state index is 0.00484. The zero-order valence-electron chi connectivity index (χ0n) is 30.1. The van der Waals surface area contributed by atoms with Crippen LogP contribution in [0.1, 0.15) is 65.4 Å². The summed E-state index contributed by atoms with van der Waals surface area (Å²) in [7, 11) is 0. The lowest BCUT2D eigenvalue weighted by atomic mass is 9.96. The number of carbonyl (C=O) groups excluding carboxylic acids is 7. The number of rotatable bonds is 9. The lowest BCUT2D eigenvalue weighted by Crippen LogP contribution is -2.60. The van der Waals surface area contributed by atoms with Gasteiger partial charge in [-0.05, 0) is 67.2 Å². The Kier molecular flexibility index (Phi) is 16.0. The van der Waals surface area contributed by atoms with Gasteiger partial charge in [0.1, 0.15) is 36.0 Å². The average Bonchev–Trinajstić information content (AvgIpc) is 3.59. The first-order chi connectivity index (χ1) is 24.2. The Morgan fingerprint density at radius 1 is 0.804 bits per heavy atom. The van der Waals surface area contributed by atoms with Crippen molar-refractivity contribution in [3.63, 3.8) is 0 Å². The smallest absolute Gasteiger partial charge is 0.245 e. The van der Waals surface area contributed by atoms with Crippen molar-refractivity contribution in [1.29, 1.82) is 0 Å². The highest BCUT2D eigenvalue weighted by Crippen LogP contribution is 2.21. The van der Waals surface area contributed by atoms with Crippen molar-refractivity contribution in [2.75, 3.05) is 31.6 Å². The first-order valence-corrected chi connectivity index (χ1v) is 19.0. The van der Waals surface area contributed by atoms with Crippen LogP contribution in [-0.4, -0.2) is 113 Å². The Morgan fingerprint density at radius 2 is 1.43 bits per heavy atom. The second-order valence-electron chi connectivity index (χ2n) is 13.6. The summed E-state index contributed by atoms with van der Waals surface area (Å²) in [6, 6.07) is 0.985. The molecule has 0 unspecified atom stereocenters. The van der Waals surface area contributed by atoms with Crippen molar-refractivity contribution in [1.82, 2.24) is 36.8 Å². The van der Waals surface area contributed by atoms with Crippen molar-refractivity contribution in [2.45, 2.75) is 96.4 Å².